The maximum Gasteiger partial charge on any atom is 0.140 e. The molecule has 0 aliphatic rings. The molecule has 0 saturated carbocycles. The fourth-order valence-corrected chi connectivity index (χ4v) is 2.06. The van der Waals surface area contributed by atoms with Crippen molar-refractivity contribution in [2.45, 2.75) is 20.0 Å². The van der Waals surface area contributed by atoms with E-state index in [1.807, 2.05) is 38.2 Å². The van der Waals surface area contributed by atoms with Crippen LogP contribution >= 0.6 is 0 Å². The van der Waals surface area contributed by atoms with Gasteiger partial charge in [0.2, 0.25) is 0 Å². The van der Waals surface area contributed by atoms with Gasteiger partial charge in [-0.25, -0.2) is 4.98 Å². The number of ether oxygens (including phenoxy) is 1. The summed E-state index contributed by atoms with van der Waals surface area (Å²) in [5, 5.41) is 1.12. The zero-order valence-corrected chi connectivity index (χ0v) is 9.92. The predicted octanol–water partition coefficient (Wildman–Crippen LogP) is 3.27. The van der Waals surface area contributed by atoms with Crippen molar-refractivity contribution < 1.29 is 4.74 Å². The van der Waals surface area contributed by atoms with Crippen molar-refractivity contribution in [1.82, 2.24) is 9.38 Å². The van der Waals surface area contributed by atoms with Gasteiger partial charge >= 0.3 is 0 Å². The highest BCUT2D eigenvalue weighted by Gasteiger charge is 2.08. The summed E-state index contributed by atoms with van der Waals surface area (Å²) in [5.41, 5.74) is 2.04. The van der Waals surface area contributed by atoms with Gasteiger partial charge in [0.25, 0.3) is 0 Å². The van der Waals surface area contributed by atoms with E-state index in [1.165, 1.54) is 0 Å². The molecule has 0 aliphatic carbocycles. The Bertz CT molecular complexity index is 670. The van der Waals surface area contributed by atoms with E-state index >= 15 is 0 Å². The van der Waals surface area contributed by atoms with Gasteiger partial charge in [0.15, 0.2) is 0 Å². The molecule has 3 rings (SSSR count). The SMILES string of the molecule is CC(C)Oc1cc2nccn2c2ccccc12. The first-order valence-corrected chi connectivity index (χ1v) is 5.77. The number of hydrogen-bond donors (Lipinski definition) is 0. The second-order valence-corrected chi connectivity index (χ2v) is 4.35. The molecule has 0 saturated heterocycles. The number of rotatable bonds is 2. The van der Waals surface area contributed by atoms with Crippen molar-refractivity contribution in [1.29, 1.82) is 0 Å². The Hall–Kier alpha value is -2.03. The molecular weight excluding hydrogens is 212 g/mol. The van der Waals surface area contributed by atoms with Crippen LogP contribution in [0.15, 0.2) is 42.7 Å². The van der Waals surface area contributed by atoms with Gasteiger partial charge in [-0.1, -0.05) is 12.1 Å². The van der Waals surface area contributed by atoms with Gasteiger partial charge in [-0.05, 0) is 26.0 Å². The number of fused-ring (bicyclic) bond motifs is 3. The summed E-state index contributed by atoms with van der Waals surface area (Å²) in [6, 6.07) is 10.2. The van der Waals surface area contributed by atoms with Crippen molar-refractivity contribution >= 4 is 16.6 Å². The van der Waals surface area contributed by atoms with Crippen LogP contribution in [0.5, 0.6) is 5.75 Å². The Morgan fingerprint density at radius 3 is 2.88 bits per heavy atom. The predicted molar refractivity (Wildman–Crippen MR) is 68.5 cm³/mol. The normalized spacial score (nSPS) is 11.5. The number of benzene rings is 1. The molecule has 0 atom stereocenters. The molecule has 0 bridgehead atoms. The summed E-state index contributed by atoms with van der Waals surface area (Å²) in [7, 11) is 0. The van der Waals surface area contributed by atoms with Gasteiger partial charge in [0, 0.05) is 23.8 Å². The second kappa shape index (κ2) is 3.77. The molecule has 3 nitrogen and oxygen atoms in total. The van der Waals surface area contributed by atoms with Crippen LogP contribution in [0, 0.1) is 0 Å². The van der Waals surface area contributed by atoms with Crippen molar-refractivity contribution in [3.05, 3.63) is 42.7 Å². The Kier molecular flexibility index (Phi) is 2.25. The summed E-state index contributed by atoms with van der Waals surface area (Å²) in [5.74, 6) is 0.898. The lowest BCUT2D eigenvalue weighted by Crippen LogP contribution is -2.06. The Morgan fingerprint density at radius 2 is 2.06 bits per heavy atom. The molecule has 0 radical (unpaired) electrons. The minimum absolute atomic E-state index is 0.163. The molecule has 0 N–H and O–H groups in total. The van der Waals surface area contributed by atoms with E-state index in [2.05, 4.69) is 21.5 Å². The van der Waals surface area contributed by atoms with Crippen LogP contribution in [-0.2, 0) is 0 Å². The van der Waals surface area contributed by atoms with Crippen LogP contribution in [0.25, 0.3) is 16.6 Å². The number of para-hydroxylation sites is 1. The Labute approximate surface area is 99.7 Å². The van der Waals surface area contributed by atoms with Gasteiger partial charge in [-0.15, -0.1) is 0 Å². The third kappa shape index (κ3) is 1.64. The van der Waals surface area contributed by atoms with Crippen molar-refractivity contribution in [2.24, 2.45) is 0 Å². The lowest BCUT2D eigenvalue weighted by molar-refractivity contribution is 0.245. The summed E-state index contributed by atoms with van der Waals surface area (Å²) < 4.78 is 7.92. The third-order valence-electron chi connectivity index (χ3n) is 2.72. The van der Waals surface area contributed by atoms with E-state index in [9.17, 15) is 0 Å². The molecule has 0 unspecified atom stereocenters. The number of imidazole rings is 1. The zero-order valence-electron chi connectivity index (χ0n) is 9.92. The molecule has 17 heavy (non-hydrogen) atoms. The van der Waals surface area contributed by atoms with E-state index in [0.29, 0.717) is 0 Å². The van der Waals surface area contributed by atoms with Gasteiger partial charge in [-0.3, -0.25) is 4.40 Å². The molecule has 0 aliphatic heterocycles. The first-order valence-electron chi connectivity index (χ1n) is 5.77. The molecule has 2 aromatic heterocycles. The molecule has 0 amide bonds. The lowest BCUT2D eigenvalue weighted by Gasteiger charge is -2.13. The van der Waals surface area contributed by atoms with Gasteiger partial charge in [0.1, 0.15) is 11.4 Å². The fourth-order valence-electron chi connectivity index (χ4n) is 2.06. The van der Waals surface area contributed by atoms with E-state index in [-0.39, 0.29) is 6.10 Å². The Morgan fingerprint density at radius 1 is 1.24 bits per heavy atom. The molecule has 86 valence electrons. The first-order chi connectivity index (χ1) is 8.25. The molecule has 0 spiro atoms. The highest BCUT2D eigenvalue weighted by Crippen LogP contribution is 2.28. The van der Waals surface area contributed by atoms with E-state index < -0.39 is 0 Å². The summed E-state index contributed by atoms with van der Waals surface area (Å²) >= 11 is 0. The highest BCUT2D eigenvalue weighted by molar-refractivity contribution is 5.88. The quantitative estimate of drug-likeness (QED) is 0.670. The van der Waals surface area contributed by atoms with Crippen molar-refractivity contribution in [2.75, 3.05) is 0 Å². The first kappa shape index (κ1) is 10.1. The van der Waals surface area contributed by atoms with Crippen LogP contribution in [-0.4, -0.2) is 15.5 Å². The number of aromatic nitrogens is 2. The van der Waals surface area contributed by atoms with Crippen molar-refractivity contribution in [3.63, 3.8) is 0 Å². The monoisotopic (exact) mass is 226 g/mol. The standard InChI is InChI=1S/C14H14N2O/c1-10(2)17-13-9-14-15-7-8-16(14)12-6-4-3-5-11(12)13/h3-10H,1-2H3. The largest absolute Gasteiger partial charge is 0.490 e. The van der Waals surface area contributed by atoms with Gasteiger partial charge < -0.3 is 4.74 Å². The molecule has 2 heterocycles. The number of nitrogens with zero attached hydrogens (tertiary/aromatic N) is 2. The Balaban J connectivity index is 2.37. The van der Waals surface area contributed by atoms with Crippen LogP contribution in [0.2, 0.25) is 0 Å². The smallest absolute Gasteiger partial charge is 0.140 e. The lowest BCUT2D eigenvalue weighted by atomic mass is 10.2. The molecule has 3 aromatic rings. The van der Waals surface area contributed by atoms with Gasteiger partial charge in [-0.2, -0.15) is 0 Å². The summed E-state index contributed by atoms with van der Waals surface area (Å²) in [4.78, 5) is 4.32. The minimum atomic E-state index is 0.163. The summed E-state index contributed by atoms with van der Waals surface area (Å²) in [6.45, 7) is 4.06. The fraction of sp³-hybridized carbons (Fsp3) is 0.214. The molecule has 0 fully saturated rings. The minimum Gasteiger partial charge on any atom is -0.490 e. The highest BCUT2D eigenvalue weighted by atomic mass is 16.5. The average molecular weight is 226 g/mol. The van der Waals surface area contributed by atoms with E-state index in [4.69, 9.17) is 4.74 Å². The maximum atomic E-state index is 5.85. The molecule has 1 aromatic carbocycles. The van der Waals surface area contributed by atoms with E-state index in [1.54, 1.807) is 6.20 Å². The topological polar surface area (TPSA) is 26.5 Å². The van der Waals surface area contributed by atoms with Gasteiger partial charge in [0.05, 0.1) is 11.6 Å². The van der Waals surface area contributed by atoms with Crippen LogP contribution in [0.3, 0.4) is 0 Å². The second-order valence-electron chi connectivity index (χ2n) is 4.35. The average Bonchev–Trinajstić information content (AvgIpc) is 2.77. The zero-order chi connectivity index (χ0) is 11.8. The maximum absolute atomic E-state index is 5.85. The summed E-state index contributed by atoms with van der Waals surface area (Å²) in [6.07, 6.45) is 3.94. The molecular formula is C14H14N2O. The van der Waals surface area contributed by atoms with E-state index in [0.717, 1.165) is 22.3 Å². The van der Waals surface area contributed by atoms with Crippen LogP contribution < -0.4 is 4.74 Å². The molecule has 3 heteroatoms. The third-order valence-corrected chi connectivity index (χ3v) is 2.72. The number of hydrogen-bond acceptors (Lipinski definition) is 2. The number of pyridine rings is 1. The van der Waals surface area contributed by atoms with Crippen LogP contribution in [0.1, 0.15) is 13.8 Å². The van der Waals surface area contributed by atoms with Crippen molar-refractivity contribution in [3.8, 4) is 5.75 Å². The van der Waals surface area contributed by atoms with Crippen LogP contribution in [0.4, 0.5) is 0 Å².